The van der Waals surface area contributed by atoms with Crippen molar-refractivity contribution < 1.29 is 0 Å². The van der Waals surface area contributed by atoms with E-state index < -0.39 is 0 Å². The Balaban J connectivity index is 2.34. The van der Waals surface area contributed by atoms with Gasteiger partial charge in [-0.3, -0.25) is 0 Å². The second kappa shape index (κ2) is 5.15. The molecule has 0 saturated heterocycles. The molecule has 0 fully saturated rings. The summed E-state index contributed by atoms with van der Waals surface area (Å²) in [6.45, 7) is 8.35. The monoisotopic (exact) mass is 300 g/mol. The summed E-state index contributed by atoms with van der Waals surface area (Å²) in [5.74, 6) is 1.30. The highest BCUT2D eigenvalue weighted by molar-refractivity contribution is 7.10. The predicted molar refractivity (Wildman–Crippen MR) is 88.9 cm³/mol. The minimum Gasteiger partial charge on any atom is -0.383 e. The highest BCUT2D eigenvalue weighted by Crippen LogP contribution is 2.35. The van der Waals surface area contributed by atoms with E-state index in [1.54, 1.807) is 11.3 Å². The van der Waals surface area contributed by atoms with E-state index in [1.165, 1.54) is 16.1 Å². The molecule has 1 unspecified atom stereocenters. The van der Waals surface area contributed by atoms with Crippen molar-refractivity contribution in [2.75, 3.05) is 5.73 Å². The Bertz CT molecular complexity index is 787. The van der Waals surface area contributed by atoms with E-state index in [1.807, 2.05) is 6.92 Å². The Morgan fingerprint density at radius 1 is 1.29 bits per heavy atom. The fourth-order valence-corrected chi connectivity index (χ4v) is 3.91. The highest BCUT2D eigenvalue weighted by atomic mass is 32.1. The molecule has 4 nitrogen and oxygen atoms in total. The molecule has 3 aromatic heterocycles. The molecule has 3 aromatic rings. The SMILES string of the molecule is CCC(c1cccs1)n1c(C)c(C)c2c(N)nc(C)nc21. The van der Waals surface area contributed by atoms with E-state index >= 15 is 0 Å². The lowest BCUT2D eigenvalue weighted by Crippen LogP contribution is -2.11. The summed E-state index contributed by atoms with van der Waals surface area (Å²) < 4.78 is 2.32. The second-order valence-electron chi connectivity index (χ2n) is 5.37. The van der Waals surface area contributed by atoms with Crippen LogP contribution in [0.15, 0.2) is 17.5 Å². The summed E-state index contributed by atoms with van der Waals surface area (Å²) in [6, 6.07) is 4.59. The van der Waals surface area contributed by atoms with Crippen molar-refractivity contribution in [2.45, 2.75) is 40.2 Å². The van der Waals surface area contributed by atoms with Gasteiger partial charge in [0.15, 0.2) is 0 Å². The first-order valence-electron chi connectivity index (χ1n) is 7.19. The number of thiophene rings is 1. The van der Waals surface area contributed by atoms with Crippen LogP contribution in [0.3, 0.4) is 0 Å². The fraction of sp³-hybridized carbons (Fsp3) is 0.375. The van der Waals surface area contributed by atoms with Gasteiger partial charge in [0.05, 0.1) is 11.4 Å². The number of fused-ring (bicyclic) bond motifs is 1. The standard InChI is InChI=1S/C16H20N4S/c1-5-12(13-7-6-8-21-13)20-10(3)9(2)14-15(17)18-11(4)19-16(14)20/h6-8,12H,5H2,1-4H3,(H2,17,18,19). The lowest BCUT2D eigenvalue weighted by molar-refractivity contribution is 0.577. The maximum atomic E-state index is 6.14. The molecule has 0 aromatic carbocycles. The van der Waals surface area contributed by atoms with Gasteiger partial charge in [-0.15, -0.1) is 11.3 Å². The first-order valence-corrected chi connectivity index (χ1v) is 8.07. The number of aryl methyl sites for hydroxylation is 2. The van der Waals surface area contributed by atoms with Crippen LogP contribution in [0.5, 0.6) is 0 Å². The molecule has 5 heteroatoms. The van der Waals surface area contributed by atoms with Crippen LogP contribution in [-0.4, -0.2) is 14.5 Å². The van der Waals surface area contributed by atoms with Gasteiger partial charge in [0.1, 0.15) is 17.3 Å². The number of aromatic nitrogens is 3. The summed E-state index contributed by atoms with van der Waals surface area (Å²) in [5, 5.41) is 3.12. The van der Waals surface area contributed by atoms with E-state index in [4.69, 9.17) is 5.73 Å². The summed E-state index contributed by atoms with van der Waals surface area (Å²) in [4.78, 5) is 10.3. The lowest BCUT2D eigenvalue weighted by atomic mass is 10.1. The van der Waals surface area contributed by atoms with Crippen molar-refractivity contribution in [2.24, 2.45) is 0 Å². The van der Waals surface area contributed by atoms with E-state index in [-0.39, 0.29) is 0 Å². The minimum atomic E-state index is 0.301. The molecule has 0 amide bonds. The normalized spacial score (nSPS) is 13.0. The highest BCUT2D eigenvalue weighted by Gasteiger charge is 2.22. The Labute approximate surface area is 128 Å². The summed E-state index contributed by atoms with van der Waals surface area (Å²) in [5.41, 5.74) is 9.49. The van der Waals surface area contributed by atoms with Crippen molar-refractivity contribution in [1.82, 2.24) is 14.5 Å². The zero-order chi connectivity index (χ0) is 15.1. The van der Waals surface area contributed by atoms with Crippen molar-refractivity contribution in [3.8, 4) is 0 Å². The average Bonchev–Trinajstić information content (AvgIpc) is 3.03. The molecule has 3 heterocycles. The van der Waals surface area contributed by atoms with Gasteiger partial charge in [-0.1, -0.05) is 13.0 Å². The molecular weight excluding hydrogens is 280 g/mol. The van der Waals surface area contributed by atoms with Crippen LogP contribution in [0.4, 0.5) is 5.82 Å². The molecule has 0 aliphatic rings. The molecule has 0 spiro atoms. The number of nitrogen functional groups attached to an aromatic ring is 1. The van der Waals surface area contributed by atoms with E-state index in [9.17, 15) is 0 Å². The molecule has 110 valence electrons. The third-order valence-corrected chi connectivity index (χ3v) is 5.08. The van der Waals surface area contributed by atoms with Gasteiger partial charge in [-0.25, -0.2) is 9.97 Å². The Hall–Kier alpha value is -1.88. The van der Waals surface area contributed by atoms with Gasteiger partial charge in [-0.2, -0.15) is 0 Å². The zero-order valence-electron chi connectivity index (χ0n) is 12.8. The lowest BCUT2D eigenvalue weighted by Gasteiger charge is -2.19. The molecule has 0 aliphatic heterocycles. The Kier molecular flexibility index (Phi) is 3.45. The number of rotatable bonds is 3. The van der Waals surface area contributed by atoms with Gasteiger partial charge in [0.2, 0.25) is 0 Å². The number of nitrogens with zero attached hydrogens (tertiary/aromatic N) is 3. The van der Waals surface area contributed by atoms with Crippen LogP contribution in [0.1, 0.15) is 41.3 Å². The Morgan fingerprint density at radius 3 is 2.67 bits per heavy atom. The van der Waals surface area contributed by atoms with Crippen LogP contribution >= 0.6 is 11.3 Å². The maximum absolute atomic E-state index is 6.14. The number of nitrogens with two attached hydrogens (primary N) is 1. The van der Waals surface area contributed by atoms with Gasteiger partial charge in [0, 0.05) is 10.6 Å². The molecule has 21 heavy (non-hydrogen) atoms. The predicted octanol–water partition coefficient (Wildman–Crippen LogP) is 4.00. The molecule has 0 radical (unpaired) electrons. The average molecular weight is 300 g/mol. The van der Waals surface area contributed by atoms with Gasteiger partial charge < -0.3 is 10.3 Å². The number of hydrogen-bond donors (Lipinski definition) is 1. The second-order valence-corrected chi connectivity index (χ2v) is 6.35. The molecule has 3 rings (SSSR count). The smallest absolute Gasteiger partial charge is 0.146 e. The van der Waals surface area contributed by atoms with Crippen LogP contribution < -0.4 is 5.73 Å². The van der Waals surface area contributed by atoms with Crippen LogP contribution in [-0.2, 0) is 0 Å². The molecular formula is C16H20N4S. The third kappa shape index (κ3) is 2.12. The molecule has 1 atom stereocenters. The van der Waals surface area contributed by atoms with Gasteiger partial charge in [0.25, 0.3) is 0 Å². The largest absolute Gasteiger partial charge is 0.383 e. The van der Waals surface area contributed by atoms with Crippen LogP contribution in [0.2, 0.25) is 0 Å². The summed E-state index contributed by atoms with van der Waals surface area (Å²) in [7, 11) is 0. The van der Waals surface area contributed by atoms with Gasteiger partial charge in [-0.05, 0) is 44.2 Å². The van der Waals surface area contributed by atoms with Crippen LogP contribution in [0, 0.1) is 20.8 Å². The van der Waals surface area contributed by atoms with E-state index in [0.717, 1.165) is 23.3 Å². The molecule has 0 saturated carbocycles. The minimum absolute atomic E-state index is 0.301. The van der Waals surface area contributed by atoms with Crippen molar-refractivity contribution in [3.63, 3.8) is 0 Å². The third-order valence-electron chi connectivity index (χ3n) is 4.11. The topological polar surface area (TPSA) is 56.7 Å². The van der Waals surface area contributed by atoms with Crippen molar-refractivity contribution >= 4 is 28.2 Å². The first kappa shape index (κ1) is 14.1. The van der Waals surface area contributed by atoms with Crippen LogP contribution in [0.25, 0.3) is 11.0 Å². The number of anilines is 1. The fourth-order valence-electron chi connectivity index (χ4n) is 3.01. The number of hydrogen-bond acceptors (Lipinski definition) is 4. The zero-order valence-corrected chi connectivity index (χ0v) is 13.7. The summed E-state index contributed by atoms with van der Waals surface area (Å²) in [6.07, 6.45) is 1.02. The van der Waals surface area contributed by atoms with E-state index in [0.29, 0.717) is 11.9 Å². The molecule has 0 bridgehead atoms. The molecule has 2 N–H and O–H groups in total. The quantitative estimate of drug-likeness (QED) is 0.795. The van der Waals surface area contributed by atoms with Crippen molar-refractivity contribution in [3.05, 3.63) is 39.5 Å². The van der Waals surface area contributed by atoms with Gasteiger partial charge >= 0.3 is 0 Å². The Morgan fingerprint density at radius 2 is 2.05 bits per heavy atom. The summed E-state index contributed by atoms with van der Waals surface area (Å²) >= 11 is 1.79. The molecule has 0 aliphatic carbocycles. The van der Waals surface area contributed by atoms with E-state index in [2.05, 4.69) is 52.8 Å². The first-order chi connectivity index (χ1) is 10.0. The van der Waals surface area contributed by atoms with Crippen molar-refractivity contribution in [1.29, 1.82) is 0 Å². The maximum Gasteiger partial charge on any atom is 0.146 e.